The summed E-state index contributed by atoms with van der Waals surface area (Å²) in [5, 5.41) is 8.93. The first-order chi connectivity index (χ1) is 12.0. The molecule has 140 valence electrons. The van der Waals surface area contributed by atoms with Crippen LogP contribution in [0.5, 0.6) is 5.75 Å². The number of ether oxygens (including phenoxy) is 1. The molecule has 0 amide bonds. The first-order valence-corrected chi connectivity index (χ1v) is 9.66. The SMILES string of the molecule is CCOc1ccc(C(C)(C)C)cc1S(=O)(=O)Nc1ccc(C(=O)O)cc1. The van der Waals surface area contributed by atoms with Crippen molar-refractivity contribution in [2.75, 3.05) is 11.3 Å². The molecule has 6 nitrogen and oxygen atoms in total. The van der Waals surface area contributed by atoms with Crippen LogP contribution in [0, 0.1) is 0 Å². The number of aromatic carboxylic acids is 1. The zero-order valence-electron chi connectivity index (χ0n) is 15.2. The molecule has 0 heterocycles. The average molecular weight is 377 g/mol. The number of hydrogen-bond donors (Lipinski definition) is 2. The lowest BCUT2D eigenvalue weighted by molar-refractivity contribution is 0.0697. The topological polar surface area (TPSA) is 92.7 Å². The van der Waals surface area contributed by atoms with Crippen LogP contribution in [-0.2, 0) is 15.4 Å². The Hall–Kier alpha value is -2.54. The Morgan fingerprint density at radius 1 is 1.12 bits per heavy atom. The van der Waals surface area contributed by atoms with Crippen LogP contribution < -0.4 is 9.46 Å². The van der Waals surface area contributed by atoms with E-state index in [0.29, 0.717) is 6.61 Å². The van der Waals surface area contributed by atoms with Gasteiger partial charge in [0.05, 0.1) is 12.2 Å². The van der Waals surface area contributed by atoms with Crippen LogP contribution in [0.25, 0.3) is 0 Å². The Morgan fingerprint density at radius 3 is 2.23 bits per heavy atom. The van der Waals surface area contributed by atoms with E-state index in [1.165, 1.54) is 24.3 Å². The Labute approximate surface area is 153 Å². The monoisotopic (exact) mass is 377 g/mol. The molecule has 0 aliphatic rings. The number of rotatable bonds is 6. The molecule has 0 saturated heterocycles. The second kappa shape index (κ2) is 7.37. The van der Waals surface area contributed by atoms with Crippen molar-refractivity contribution in [1.82, 2.24) is 0 Å². The summed E-state index contributed by atoms with van der Waals surface area (Å²) in [7, 11) is -3.90. The van der Waals surface area contributed by atoms with Gasteiger partial charge in [-0.15, -0.1) is 0 Å². The smallest absolute Gasteiger partial charge is 0.335 e. The standard InChI is InChI=1S/C19H23NO5S/c1-5-25-16-11-8-14(19(2,3)4)12-17(16)26(23,24)20-15-9-6-13(7-10-15)18(21)22/h6-12,20H,5H2,1-4H3,(H,21,22). The number of carboxylic acid groups (broad SMARTS) is 1. The number of benzene rings is 2. The van der Waals surface area contributed by atoms with E-state index in [9.17, 15) is 13.2 Å². The Morgan fingerprint density at radius 2 is 1.73 bits per heavy atom. The van der Waals surface area contributed by atoms with Gasteiger partial charge < -0.3 is 9.84 Å². The Kier molecular flexibility index (Phi) is 5.61. The van der Waals surface area contributed by atoms with Crippen molar-refractivity contribution >= 4 is 21.7 Å². The van der Waals surface area contributed by atoms with Gasteiger partial charge in [-0.25, -0.2) is 13.2 Å². The van der Waals surface area contributed by atoms with Crippen molar-refractivity contribution < 1.29 is 23.1 Å². The van der Waals surface area contributed by atoms with Crippen molar-refractivity contribution in [3.8, 4) is 5.75 Å². The molecule has 2 aromatic carbocycles. The van der Waals surface area contributed by atoms with Crippen LogP contribution in [0.15, 0.2) is 47.4 Å². The number of hydrogen-bond acceptors (Lipinski definition) is 4. The molecular weight excluding hydrogens is 354 g/mol. The Bertz CT molecular complexity index is 897. The maximum absolute atomic E-state index is 12.9. The summed E-state index contributed by atoms with van der Waals surface area (Å²) in [6, 6.07) is 10.6. The highest BCUT2D eigenvalue weighted by Gasteiger charge is 2.24. The Balaban J connectivity index is 2.44. The van der Waals surface area contributed by atoms with Gasteiger partial charge in [0.1, 0.15) is 10.6 Å². The molecular formula is C19H23NO5S. The van der Waals surface area contributed by atoms with Gasteiger partial charge in [0, 0.05) is 5.69 Å². The first kappa shape index (κ1) is 19.8. The van der Waals surface area contributed by atoms with Crippen molar-refractivity contribution in [2.45, 2.75) is 38.0 Å². The van der Waals surface area contributed by atoms with Gasteiger partial charge in [-0.1, -0.05) is 26.8 Å². The van der Waals surface area contributed by atoms with Gasteiger partial charge in [-0.05, 0) is 54.3 Å². The van der Waals surface area contributed by atoms with Gasteiger partial charge in [0.25, 0.3) is 10.0 Å². The molecule has 2 rings (SSSR count). The lowest BCUT2D eigenvalue weighted by Gasteiger charge is -2.21. The first-order valence-electron chi connectivity index (χ1n) is 8.18. The second-order valence-electron chi connectivity index (χ2n) is 6.83. The molecule has 0 unspecified atom stereocenters. The minimum atomic E-state index is -3.90. The fourth-order valence-electron chi connectivity index (χ4n) is 2.35. The summed E-state index contributed by atoms with van der Waals surface area (Å²) in [6.45, 7) is 8.11. The average Bonchev–Trinajstić information content (AvgIpc) is 2.54. The molecule has 0 bridgehead atoms. The molecule has 2 N–H and O–H groups in total. The van der Waals surface area contributed by atoms with E-state index in [1.54, 1.807) is 19.1 Å². The van der Waals surface area contributed by atoms with E-state index in [-0.39, 0.29) is 27.3 Å². The van der Waals surface area contributed by atoms with Crippen molar-refractivity contribution in [3.05, 3.63) is 53.6 Å². The lowest BCUT2D eigenvalue weighted by atomic mass is 9.87. The lowest BCUT2D eigenvalue weighted by Crippen LogP contribution is -2.17. The predicted octanol–water partition coefficient (Wildman–Crippen LogP) is 3.88. The van der Waals surface area contributed by atoms with Crippen LogP contribution >= 0.6 is 0 Å². The van der Waals surface area contributed by atoms with Crippen LogP contribution in [0.4, 0.5) is 5.69 Å². The normalized spacial score (nSPS) is 11.8. The van der Waals surface area contributed by atoms with Crippen LogP contribution in [0.2, 0.25) is 0 Å². The van der Waals surface area contributed by atoms with E-state index >= 15 is 0 Å². The minimum Gasteiger partial charge on any atom is -0.492 e. The number of anilines is 1. The molecule has 0 aliphatic heterocycles. The number of carbonyl (C=O) groups is 1. The number of nitrogens with one attached hydrogen (secondary N) is 1. The number of carboxylic acids is 1. The molecule has 0 saturated carbocycles. The fourth-order valence-corrected chi connectivity index (χ4v) is 3.58. The maximum Gasteiger partial charge on any atom is 0.335 e. The summed E-state index contributed by atoms with van der Waals surface area (Å²) < 4.78 is 33.7. The molecule has 0 fully saturated rings. The molecule has 26 heavy (non-hydrogen) atoms. The van der Waals surface area contributed by atoms with Gasteiger partial charge in [-0.2, -0.15) is 0 Å². The third kappa shape index (κ3) is 4.54. The molecule has 0 radical (unpaired) electrons. The quantitative estimate of drug-likeness (QED) is 0.797. The highest BCUT2D eigenvalue weighted by Crippen LogP contribution is 2.32. The van der Waals surface area contributed by atoms with Gasteiger partial charge in [0.15, 0.2) is 0 Å². The van der Waals surface area contributed by atoms with E-state index in [2.05, 4.69) is 4.72 Å². The van der Waals surface area contributed by atoms with E-state index < -0.39 is 16.0 Å². The van der Waals surface area contributed by atoms with E-state index in [4.69, 9.17) is 9.84 Å². The highest BCUT2D eigenvalue weighted by molar-refractivity contribution is 7.92. The summed E-state index contributed by atoms with van der Waals surface area (Å²) in [4.78, 5) is 11.0. The van der Waals surface area contributed by atoms with Crippen molar-refractivity contribution in [1.29, 1.82) is 0 Å². The second-order valence-corrected chi connectivity index (χ2v) is 8.48. The zero-order valence-corrected chi connectivity index (χ0v) is 16.1. The highest BCUT2D eigenvalue weighted by atomic mass is 32.2. The minimum absolute atomic E-state index is 0.0501. The van der Waals surface area contributed by atoms with Crippen LogP contribution in [0.3, 0.4) is 0 Å². The summed E-state index contributed by atoms with van der Waals surface area (Å²) in [5.74, 6) is -0.800. The van der Waals surface area contributed by atoms with E-state index in [1.807, 2.05) is 26.8 Å². The van der Waals surface area contributed by atoms with E-state index in [0.717, 1.165) is 5.56 Å². The molecule has 0 spiro atoms. The van der Waals surface area contributed by atoms with Crippen LogP contribution in [-0.4, -0.2) is 26.1 Å². The largest absolute Gasteiger partial charge is 0.492 e. The van der Waals surface area contributed by atoms with Crippen molar-refractivity contribution in [2.24, 2.45) is 0 Å². The maximum atomic E-state index is 12.9. The molecule has 0 aliphatic carbocycles. The predicted molar refractivity (Wildman–Crippen MR) is 101 cm³/mol. The zero-order chi connectivity index (χ0) is 19.5. The fraction of sp³-hybridized carbons (Fsp3) is 0.316. The van der Waals surface area contributed by atoms with Crippen molar-refractivity contribution in [3.63, 3.8) is 0 Å². The third-order valence-electron chi connectivity index (χ3n) is 3.78. The summed E-state index contributed by atoms with van der Waals surface area (Å²) in [5.41, 5.74) is 0.997. The molecule has 2 aromatic rings. The molecule has 0 aromatic heterocycles. The van der Waals surface area contributed by atoms with Gasteiger partial charge >= 0.3 is 5.97 Å². The van der Waals surface area contributed by atoms with Gasteiger partial charge in [-0.3, -0.25) is 4.72 Å². The third-order valence-corrected chi connectivity index (χ3v) is 5.19. The molecule has 0 atom stereocenters. The summed E-state index contributed by atoms with van der Waals surface area (Å²) in [6.07, 6.45) is 0. The van der Waals surface area contributed by atoms with Gasteiger partial charge in [0.2, 0.25) is 0 Å². The molecule has 7 heteroatoms. The number of sulfonamides is 1. The van der Waals surface area contributed by atoms with Crippen LogP contribution in [0.1, 0.15) is 43.6 Å². The summed E-state index contributed by atoms with van der Waals surface area (Å²) >= 11 is 0.